The van der Waals surface area contributed by atoms with Gasteiger partial charge < -0.3 is 20.1 Å². The van der Waals surface area contributed by atoms with Crippen molar-refractivity contribution < 1.29 is 9.47 Å². The van der Waals surface area contributed by atoms with Crippen molar-refractivity contribution in [2.75, 3.05) is 40.0 Å². The molecule has 1 saturated heterocycles. The minimum Gasteiger partial charge on any atom is -0.381 e. The Morgan fingerprint density at radius 3 is 2.89 bits per heavy atom. The third-order valence-electron chi connectivity index (χ3n) is 2.95. The lowest BCUT2D eigenvalue weighted by molar-refractivity contribution is 0.108. The maximum absolute atomic E-state index is 5.56. The largest absolute Gasteiger partial charge is 0.381 e. The van der Waals surface area contributed by atoms with Crippen LogP contribution < -0.4 is 10.6 Å². The topological polar surface area (TPSA) is 54.9 Å². The van der Waals surface area contributed by atoms with Gasteiger partial charge in [0.15, 0.2) is 5.96 Å². The Bertz CT molecular complexity index is 251. The molecule has 19 heavy (non-hydrogen) atoms. The predicted octanol–water partition coefficient (Wildman–Crippen LogP) is 1.39. The molecule has 0 aliphatic carbocycles. The zero-order valence-corrected chi connectivity index (χ0v) is 12.6. The van der Waals surface area contributed by atoms with E-state index in [0.29, 0.717) is 12.0 Å². The van der Waals surface area contributed by atoms with E-state index >= 15 is 0 Å². The molecule has 1 rings (SSSR count). The van der Waals surface area contributed by atoms with Gasteiger partial charge in [-0.1, -0.05) is 13.8 Å². The number of hydrogen-bond acceptors (Lipinski definition) is 3. The summed E-state index contributed by atoms with van der Waals surface area (Å²) in [5, 5.41) is 6.58. The first kappa shape index (κ1) is 16.2. The van der Waals surface area contributed by atoms with Gasteiger partial charge in [-0.25, -0.2) is 0 Å². The van der Waals surface area contributed by atoms with Crippen LogP contribution >= 0.6 is 0 Å². The molecule has 0 aromatic carbocycles. The molecule has 0 spiro atoms. The minimum absolute atomic E-state index is 0.341. The van der Waals surface area contributed by atoms with E-state index in [2.05, 4.69) is 29.5 Å². The Morgan fingerprint density at radius 2 is 2.26 bits per heavy atom. The highest BCUT2D eigenvalue weighted by atomic mass is 16.5. The van der Waals surface area contributed by atoms with Crippen molar-refractivity contribution in [3.8, 4) is 0 Å². The highest BCUT2D eigenvalue weighted by Gasteiger charge is 2.15. The first-order valence-corrected chi connectivity index (χ1v) is 7.36. The number of hydrogen-bond donors (Lipinski definition) is 2. The van der Waals surface area contributed by atoms with Crippen molar-refractivity contribution in [2.45, 2.75) is 39.2 Å². The molecule has 0 aromatic heterocycles. The van der Waals surface area contributed by atoms with Crippen molar-refractivity contribution in [3.05, 3.63) is 0 Å². The third-order valence-corrected chi connectivity index (χ3v) is 2.95. The average molecular weight is 271 g/mol. The monoisotopic (exact) mass is 271 g/mol. The van der Waals surface area contributed by atoms with Gasteiger partial charge in [0, 0.05) is 40.0 Å². The molecule has 1 aliphatic rings. The fraction of sp³-hybridized carbons (Fsp3) is 0.929. The molecule has 5 nitrogen and oxygen atoms in total. The van der Waals surface area contributed by atoms with Gasteiger partial charge in [-0.3, -0.25) is 4.99 Å². The summed E-state index contributed by atoms with van der Waals surface area (Å²) in [4.78, 5) is 4.19. The zero-order valence-electron chi connectivity index (χ0n) is 12.6. The number of rotatable bonds is 8. The maximum Gasteiger partial charge on any atom is 0.191 e. The van der Waals surface area contributed by atoms with Crippen LogP contribution in [0, 0.1) is 5.92 Å². The molecule has 1 unspecified atom stereocenters. The summed E-state index contributed by atoms with van der Waals surface area (Å²) in [5.74, 6) is 1.45. The molecular formula is C14H29N3O2. The number of nitrogens with one attached hydrogen (secondary N) is 2. The number of nitrogens with zero attached hydrogens (tertiary/aromatic N) is 1. The fourth-order valence-electron chi connectivity index (χ4n) is 1.94. The van der Waals surface area contributed by atoms with Crippen LogP contribution in [0.1, 0.15) is 33.1 Å². The predicted molar refractivity (Wildman–Crippen MR) is 78.6 cm³/mol. The number of ether oxygens (including phenoxy) is 2. The Morgan fingerprint density at radius 1 is 1.42 bits per heavy atom. The molecule has 1 atom stereocenters. The standard InChI is InChI=1S/C14H29N3O2/c1-12(2)11-18-8-5-7-16-14(15-3)17-10-13-6-4-9-19-13/h12-13H,4-11H2,1-3H3,(H2,15,16,17). The van der Waals surface area contributed by atoms with Crippen molar-refractivity contribution in [1.29, 1.82) is 0 Å². The summed E-state index contributed by atoms with van der Waals surface area (Å²) in [6.45, 7) is 8.57. The Labute approximate surface area is 117 Å². The lowest BCUT2D eigenvalue weighted by Gasteiger charge is -2.15. The molecule has 1 aliphatic heterocycles. The van der Waals surface area contributed by atoms with Gasteiger partial charge in [-0.05, 0) is 25.2 Å². The van der Waals surface area contributed by atoms with Crippen molar-refractivity contribution >= 4 is 5.96 Å². The molecule has 0 amide bonds. The highest BCUT2D eigenvalue weighted by Crippen LogP contribution is 2.10. The van der Waals surface area contributed by atoms with Crippen LogP contribution in [0.2, 0.25) is 0 Å². The summed E-state index contributed by atoms with van der Waals surface area (Å²) in [6.07, 6.45) is 3.65. The van der Waals surface area contributed by atoms with E-state index in [-0.39, 0.29) is 0 Å². The van der Waals surface area contributed by atoms with E-state index in [9.17, 15) is 0 Å². The van der Waals surface area contributed by atoms with Gasteiger partial charge in [0.2, 0.25) is 0 Å². The highest BCUT2D eigenvalue weighted by molar-refractivity contribution is 5.79. The molecule has 1 fully saturated rings. The summed E-state index contributed by atoms with van der Waals surface area (Å²) in [7, 11) is 1.79. The molecule has 0 bridgehead atoms. The van der Waals surface area contributed by atoms with Crippen LogP contribution in [0.15, 0.2) is 4.99 Å². The van der Waals surface area contributed by atoms with E-state index in [4.69, 9.17) is 9.47 Å². The van der Waals surface area contributed by atoms with Crippen molar-refractivity contribution in [3.63, 3.8) is 0 Å². The van der Waals surface area contributed by atoms with Crippen molar-refractivity contribution in [1.82, 2.24) is 10.6 Å². The van der Waals surface area contributed by atoms with Crippen LogP contribution in [-0.4, -0.2) is 52.0 Å². The lowest BCUT2D eigenvalue weighted by atomic mass is 10.2. The molecule has 1 heterocycles. The Balaban J connectivity index is 1.99. The van der Waals surface area contributed by atoms with E-state index in [1.165, 1.54) is 6.42 Å². The molecule has 0 aromatic rings. The summed E-state index contributed by atoms with van der Waals surface area (Å²) < 4.78 is 11.1. The molecular weight excluding hydrogens is 242 g/mol. The van der Waals surface area contributed by atoms with Gasteiger partial charge in [-0.2, -0.15) is 0 Å². The van der Waals surface area contributed by atoms with E-state index < -0.39 is 0 Å². The first-order valence-electron chi connectivity index (χ1n) is 7.36. The van der Waals surface area contributed by atoms with Gasteiger partial charge in [0.25, 0.3) is 0 Å². The van der Waals surface area contributed by atoms with Gasteiger partial charge in [0.05, 0.1) is 6.10 Å². The normalized spacial score (nSPS) is 20.0. The maximum atomic E-state index is 5.56. The average Bonchev–Trinajstić information content (AvgIpc) is 2.90. The molecule has 0 saturated carbocycles. The Kier molecular flexibility index (Phi) is 8.58. The second kappa shape index (κ2) is 10.0. The smallest absolute Gasteiger partial charge is 0.191 e. The zero-order chi connectivity index (χ0) is 13.9. The lowest BCUT2D eigenvalue weighted by Crippen LogP contribution is -2.41. The first-order chi connectivity index (χ1) is 9.22. The summed E-state index contributed by atoms with van der Waals surface area (Å²) in [6, 6.07) is 0. The van der Waals surface area contributed by atoms with Crippen LogP contribution in [0.3, 0.4) is 0 Å². The molecule has 2 N–H and O–H groups in total. The van der Waals surface area contributed by atoms with E-state index in [0.717, 1.165) is 51.7 Å². The fourth-order valence-corrected chi connectivity index (χ4v) is 1.94. The second-order valence-corrected chi connectivity index (χ2v) is 5.34. The minimum atomic E-state index is 0.341. The third kappa shape index (κ3) is 8.06. The Hall–Kier alpha value is -0.810. The molecule has 0 radical (unpaired) electrons. The molecule has 112 valence electrons. The van der Waals surface area contributed by atoms with Crippen LogP contribution in [0.25, 0.3) is 0 Å². The quantitative estimate of drug-likeness (QED) is 0.398. The number of aliphatic imine (C=N–C) groups is 1. The summed E-state index contributed by atoms with van der Waals surface area (Å²) in [5.41, 5.74) is 0. The number of guanidine groups is 1. The van der Waals surface area contributed by atoms with Crippen LogP contribution in [-0.2, 0) is 9.47 Å². The SMILES string of the molecule is CN=C(NCCCOCC(C)C)NCC1CCCO1. The van der Waals surface area contributed by atoms with Crippen LogP contribution in [0.4, 0.5) is 0 Å². The van der Waals surface area contributed by atoms with E-state index in [1.54, 1.807) is 7.05 Å². The van der Waals surface area contributed by atoms with E-state index in [1.807, 2.05) is 0 Å². The van der Waals surface area contributed by atoms with Crippen molar-refractivity contribution in [2.24, 2.45) is 10.9 Å². The molecule has 5 heteroatoms. The van der Waals surface area contributed by atoms with Gasteiger partial charge in [-0.15, -0.1) is 0 Å². The van der Waals surface area contributed by atoms with Crippen LogP contribution in [0.5, 0.6) is 0 Å². The van der Waals surface area contributed by atoms with Gasteiger partial charge >= 0.3 is 0 Å². The summed E-state index contributed by atoms with van der Waals surface area (Å²) >= 11 is 0. The van der Waals surface area contributed by atoms with Gasteiger partial charge in [0.1, 0.15) is 0 Å². The second-order valence-electron chi connectivity index (χ2n) is 5.34.